The molecule has 0 bridgehead atoms. The topological polar surface area (TPSA) is 55.2 Å². The van der Waals surface area contributed by atoms with Gasteiger partial charge in [-0.15, -0.1) is 0 Å². The van der Waals surface area contributed by atoms with Crippen molar-refractivity contribution in [3.63, 3.8) is 0 Å². The van der Waals surface area contributed by atoms with Gasteiger partial charge in [0.1, 0.15) is 4.90 Å². The number of aromatic nitrogens is 2. The van der Waals surface area contributed by atoms with Crippen molar-refractivity contribution in [3.8, 4) is 0 Å². The van der Waals surface area contributed by atoms with Gasteiger partial charge in [-0.2, -0.15) is 21.2 Å². The van der Waals surface area contributed by atoms with Crippen molar-refractivity contribution in [2.75, 3.05) is 18.8 Å². The number of sulfonamides is 1. The third kappa shape index (κ3) is 3.50. The molecule has 1 aromatic carbocycles. The molecule has 0 unspecified atom stereocenters. The van der Waals surface area contributed by atoms with Crippen molar-refractivity contribution in [1.82, 2.24) is 14.1 Å². The Morgan fingerprint density at radius 3 is 2.52 bits per heavy atom. The second-order valence-electron chi connectivity index (χ2n) is 6.53. The maximum Gasteiger partial charge on any atom is 0.246 e. The number of rotatable bonds is 3. The summed E-state index contributed by atoms with van der Waals surface area (Å²) in [4.78, 5) is 0.370. The summed E-state index contributed by atoms with van der Waals surface area (Å²) < 4.78 is 29.6. The van der Waals surface area contributed by atoms with Gasteiger partial charge in [-0.1, -0.05) is 24.3 Å². The fourth-order valence-corrected chi connectivity index (χ4v) is 6.74. The molecule has 0 aliphatic carbocycles. The van der Waals surface area contributed by atoms with Crippen LogP contribution in [-0.4, -0.2) is 41.3 Å². The van der Waals surface area contributed by atoms with E-state index in [-0.39, 0.29) is 0 Å². The van der Waals surface area contributed by atoms with Crippen molar-refractivity contribution in [1.29, 1.82) is 0 Å². The quantitative estimate of drug-likeness (QED) is 0.822. The first kappa shape index (κ1) is 18.5. The van der Waals surface area contributed by atoms with Gasteiger partial charge in [0.15, 0.2) is 0 Å². The van der Waals surface area contributed by atoms with Crippen molar-refractivity contribution >= 4 is 21.8 Å². The maximum absolute atomic E-state index is 13.2. The van der Waals surface area contributed by atoms with Gasteiger partial charge in [0.2, 0.25) is 10.0 Å². The molecule has 0 saturated carbocycles. The van der Waals surface area contributed by atoms with Crippen LogP contribution in [-0.2, 0) is 17.1 Å². The number of benzene rings is 1. The van der Waals surface area contributed by atoms with Crippen molar-refractivity contribution in [3.05, 3.63) is 46.8 Å². The van der Waals surface area contributed by atoms with E-state index in [9.17, 15) is 8.42 Å². The lowest BCUT2D eigenvalue weighted by molar-refractivity contribution is 0.427. The van der Waals surface area contributed by atoms with Gasteiger partial charge < -0.3 is 0 Å². The van der Waals surface area contributed by atoms with Crippen LogP contribution in [0.5, 0.6) is 0 Å². The van der Waals surface area contributed by atoms with Gasteiger partial charge in [-0.05, 0) is 38.3 Å². The Hall–Kier alpha value is -1.31. The number of aryl methyl sites for hydroxylation is 3. The number of hydrogen-bond acceptors (Lipinski definition) is 4. The van der Waals surface area contributed by atoms with Gasteiger partial charge >= 0.3 is 0 Å². The Balaban J connectivity index is 1.84. The van der Waals surface area contributed by atoms with Crippen LogP contribution in [0.25, 0.3) is 0 Å². The molecule has 1 fully saturated rings. The molecule has 1 aliphatic rings. The maximum atomic E-state index is 13.2. The van der Waals surface area contributed by atoms with Crippen LogP contribution in [0.15, 0.2) is 29.2 Å². The molecule has 2 aromatic rings. The lowest BCUT2D eigenvalue weighted by Gasteiger charge is -2.20. The van der Waals surface area contributed by atoms with Gasteiger partial charge in [-0.3, -0.25) is 4.68 Å². The fourth-order valence-electron chi connectivity index (χ4n) is 3.44. The van der Waals surface area contributed by atoms with E-state index in [2.05, 4.69) is 30.2 Å². The Kier molecular flexibility index (Phi) is 5.27. The summed E-state index contributed by atoms with van der Waals surface area (Å²) in [5, 5.41) is 4.62. The summed E-state index contributed by atoms with van der Waals surface area (Å²) in [6.07, 6.45) is 0.826. The highest BCUT2D eigenvalue weighted by atomic mass is 32.2. The molecule has 0 radical (unpaired) electrons. The minimum atomic E-state index is -3.50. The van der Waals surface area contributed by atoms with Crippen LogP contribution in [0.2, 0.25) is 0 Å². The average molecular weight is 380 g/mol. The number of nitrogens with zero attached hydrogens (tertiary/aromatic N) is 3. The van der Waals surface area contributed by atoms with E-state index in [1.54, 1.807) is 23.0 Å². The summed E-state index contributed by atoms with van der Waals surface area (Å²) in [5.74, 6) is 0.802. The monoisotopic (exact) mass is 379 g/mol. The van der Waals surface area contributed by atoms with Crippen LogP contribution >= 0.6 is 11.8 Å². The molecule has 5 nitrogen and oxygen atoms in total. The van der Waals surface area contributed by atoms with Crippen LogP contribution in [0, 0.1) is 20.8 Å². The van der Waals surface area contributed by atoms with E-state index in [0.717, 1.165) is 12.2 Å². The van der Waals surface area contributed by atoms with E-state index in [4.69, 9.17) is 0 Å². The standard InChI is InChI=1S/C18H25N3O2S2/c1-13-7-5-6-8-16(13)17-9-10-21(11-12-24-17)25(22,23)18-14(2)19-20(4)15(18)3/h5-8,17H,9-12H2,1-4H3/t17-/m0/s1. The normalized spacial score (nSPS) is 19.8. The third-order valence-corrected chi connectivity index (χ3v) is 8.34. The Morgan fingerprint density at radius 1 is 1.16 bits per heavy atom. The van der Waals surface area contributed by atoms with Crippen LogP contribution in [0.1, 0.15) is 34.2 Å². The Labute approximate surface area is 154 Å². The molecular weight excluding hydrogens is 354 g/mol. The summed E-state index contributed by atoms with van der Waals surface area (Å²) >= 11 is 1.85. The highest BCUT2D eigenvalue weighted by molar-refractivity contribution is 7.99. The molecule has 7 heteroatoms. The van der Waals surface area contributed by atoms with Crippen LogP contribution in [0.4, 0.5) is 0 Å². The van der Waals surface area contributed by atoms with Gasteiger partial charge in [0.25, 0.3) is 0 Å². The van der Waals surface area contributed by atoms with Crippen LogP contribution in [0.3, 0.4) is 0 Å². The van der Waals surface area contributed by atoms with Gasteiger partial charge in [-0.25, -0.2) is 8.42 Å². The molecule has 136 valence electrons. The van der Waals surface area contributed by atoms with E-state index < -0.39 is 10.0 Å². The molecule has 0 spiro atoms. The minimum absolute atomic E-state index is 0.345. The van der Waals surface area contributed by atoms with Crippen LogP contribution < -0.4 is 0 Å². The molecular formula is C18H25N3O2S2. The third-order valence-electron chi connectivity index (χ3n) is 4.88. The molecule has 0 N–H and O–H groups in total. The zero-order chi connectivity index (χ0) is 18.2. The first-order valence-electron chi connectivity index (χ1n) is 8.50. The summed E-state index contributed by atoms with van der Waals surface area (Å²) in [5.41, 5.74) is 3.87. The number of hydrogen-bond donors (Lipinski definition) is 0. The Morgan fingerprint density at radius 2 is 1.88 bits per heavy atom. The fraction of sp³-hybridized carbons (Fsp3) is 0.500. The lowest BCUT2D eigenvalue weighted by atomic mass is 10.0. The molecule has 3 rings (SSSR count). The smallest absolute Gasteiger partial charge is 0.246 e. The van der Waals surface area contributed by atoms with Gasteiger partial charge in [0.05, 0.1) is 11.4 Å². The first-order chi connectivity index (χ1) is 11.8. The average Bonchev–Trinajstić information content (AvgIpc) is 2.74. The predicted molar refractivity (Wildman–Crippen MR) is 102 cm³/mol. The second-order valence-corrected chi connectivity index (χ2v) is 9.72. The SMILES string of the molecule is Cc1ccccc1[C@@H]1CCN(S(=O)(=O)c2c(C)nn(C)c2C)CCS1. The van der Waals surface area contributed by atoms with E-state index in [1.807, 2.05) is 24.8 Å². The van der Waals surface area contributed by atoms with E-state index in [0.29, 0.717) is 34.6 Å². The summed E-state index contributed by atoms with van der Waals surface area (Å²) in [6, 6.07) is 8.39. The first-order valence-corrected chi connectivity index (χ1v) is 11.0. The van der Waals surface area contributed by atoms with Crippen molar-refractivity contribution in [2.45, 2.75) is 37.3 Å². The molecule has 1 aliphatic heterocycles. The lowest BCUT2D eigenvalue weighted by Crippen LogP contribution is -2.33. The molecule has 1 saturated heterocycles. The van der Waals surface area contributed by atoms with Crippen molar-refractivity contribution in [2.24, 2.45) is 7.05 Å². The predicted octanol–water partition coefficient (Wildman–Crippen LogP) is 3.21. The molecule has 2 heterocycles. The zero-order valence-electron chi connectivity index (χ0n) is 15.2. The summed E-state index contributed by atoms with van der Waals surface area (Å²) in [6.45, 7) is 6.79. The Bertz CT molecular complexity index is 874. The van der Waals surface area contributed by atoms with E-state index >= 15 is 0 Å². The highest BCUT2D eigenvalue weighted by Crippen LogP contribution is 2.37. The highest BCUT2D eigenvalue weighted by Gasteiger charge is 2.32. The molecule has 1 aromatic heterocycles. The van der Waals surface area contributed by atoms with Gasteiger partial charge in [0, 0.05) is 31.1 Å². The van der Waals surface area contributed by atoms with Crippen molar-refractivity contribution < 1.29 is 8.42 Å². The number of thioether (sulfide) groups is 1. The molecule has 1 atom stereocenters. The molecule has 25 heavy (non-hydrogen) atoms. The molecule has 0 amide bonds. The summed E-state index contributed by atoms with van der Waals surface area (Å²) in [7, 11) is -1.72. The zero-order valence-corrected chi connectivity index (χ0v) is 16.8. The largest absolute Gasteiger partial charge is 0.271 e. The van der Waals surface area contributed by atoms with E-state index in [1.165, 1.54) is 11.1 Å². The second kappa shape index (κ2) is 7.13. The minimum Gasteiger partial charge on any atom is -0.271 e.